The standard InChI is InChI=1S/C42H50ClN7O6S/c1-26-27(2)57-42-38(26)39(29-15-17-31(43)18-16-29)47-35(40-49-48-28(3)50(40)42)23-37(53)45-20-9-7-5-4-6-8-19-44-36(52)22-30-12-10-14-33(34(30)24-51)41(54)46-32-13-11-21-55-56-25-32/h10,12,14-18,24,32,35H,4-9,11,13,19-23,25H2,1-3H3,(H,44,52)(H,45,53)(H,46,54)/t32?,35-/m0/s1. The second-order valence-corrected chi connectivity index (χ2v) is 16.2. The molecule has 3 amide bonds. The third-order valence-electron chi connectivity index (χ3n) is 10.4. The molecule has 2 aromatic carbocycles. The topological polar surface area (TPSA) is 166 Å². The zero-order valence-corrected chi connectivity index (χ0v) is 34.3. The van der Waals surface area contributed by atoms with Crippen LogP contribution in [0, 0.1) is 20.8 Å². The van der Waals surface area contributed by atoms with Crippen LogP contribution in [0.3, 0.4) is 0 Å². The fourth-order valence-corrected chi connectivity index (χ4v) is 8.51. The van der Waals surface area contributed by atoms with Crippen LogP contribution >= 0.6 is 22.9 Å². The first-order valence-electron chi connectivity index (χ1n) is 19.7. The Morgan fingerprint density at radius 1 is 0.930 bits per heavy atom. The van der Waals surface area contributed by atoms with Crippen molar-refractivity contribution in [2.45, 2.75) is 97.1 Å². The Balaban J connectivity index is 0.908. The molecule has 1 fully saturated rings. The molecule has 13 nitrogen and oxygen atoms in total. The summed E-state index contributed by atoms with van der Waals surface area (Å²) in [5, 5.41) is 19.5. The number of halogens is 1. The number of unbranched alkanes of at least 4 members (excludes halogenated alkanes) is 5. The summed E-state index contributed by atoms with van der Waals surface area (Å²) < 4.78 is 2.05. The molecule has 1 saturated heterocycles. The Hall–Kier alpha value is -4.76. The number of carbonyl (C=O) groups is 4. The number of aldehydes is 1. The molecule has 2 aliphatic heterocycles. The Bertz CT molecular complexity index is 2090. The second kappa shape index (κ2) is 20.1. The van der Waals surface area contributed by atoms with Gasteiger partial charge in [0.15, 0.2) is 12.1 Å². The van der Waals surface area contributed by atoms with Crippen LogP contribution < -0.4 is 16.0 Å². The number of hydrogen-bond donors (Lipinski definition) is 3. The largest absolute Gasteiger partial charge is 0.356 e. The first kappa shape index (κ1) is 41.9. The van der Waals surface area contributed by atoms with Gasteiger partial charge < -0.3 is 16.0 Å². The molecule has 2 aliphatic rings. The highest BCUT2D eigenvalue weighted by atomic mass is 35.5. The highest BCUT2D eigenvalue weighted by molar-refractivity contribution is 7.15. The lowest BCUT2D eigenvalue weighted by atomic mass is 9.98. The van der Waals surface area contributed by atoms with E-state index in [1.54, 1.807) is 29.5 Å². The van der Waals surface area contributed by atoms with Crippen LogP contribution in [0.2, 0.25) is 5.02 Å². The summed E-state index contributed by atoms with van der Waals surface area (Å²) in [4.78, 5) is 67.4. The van der Waals surface area contributed by atoms with Gasteiger partial charge in [0.1, 0.15) is 23.5 Å². The average Bonchev–Trinajstić information content (AvgIpc) is 3.52. The first-order valence-corrected chi connectivity index (χ1v) is 20.9. The van der Waals surface area contributed by atoms with Crippen molar-refractivity contribution in [2.75, 3.05) is 26.3 Å². The average molecular weight is 816 g/mol. The van der Waals surface area contributed by atoms with Crippen LogP contribution in [0.15, 0.2) is 47.5 Å². The number of rotatable bonds is 17. The molecule has 2 aromatic heterocycles. The smallest absolute Gasteiger partial charge is 0.252 e. The minimum Gasteiger partial charge on any atom is -0.356 e. The monoisotopic (exact) mass is 815 g/mol. The van der Waals surface area contributed by atoms with E-state index >= 15 is 0 Å². The number of nitrogens with zero attached hydrogens (tertiary/aromatic N) is 4. The summed E-state index contributed by atoms with van der Waals surface area (Å²) in [6.07, 6.45) is 7.89. The molecule has 0 aliphatic carbocycles. The van der Waals surface area contributed by atoms with Gasteiger partial charge in [-0.05, 0) is 75.8 Å². The number of aliphatic imine (C=N–C) groups is 1. The highest BCUT2D eigenvalue weighted by Crippen LogP contribution is 2.39. The lowest BCUT2D eigenvalue weighted by Crippen LogP contribution is -2.38. The zero-order valence-electron chi connectivity index (χ0n) is 32.7. The SMILES string of the molecule is Cc1sc2c(c1C)C(c1ccc(Cl)cc1)=N[C@@H](CC(=O)NCCCCCCCCNC(=O)Cc1cccc(C(=O)NC3CCCOOC3)c1C=O)c1nnc(C)n1-2. The minimum absolute atomic E-state index is 0.00638. The number of carbonyl (C=O) groups excluding carboxylic acids is 4. The number of benzene rings is 2. The normalized spacial score (nSPS) is 16.4. The number of hydrogen-bond acceptors (Lipinski definition) is 10. The van der Waals surface area contributed by atoms with Crippen molar-refractivity contribution in [1.82, 2.24) is 30.7 Å². The van der Waals surface area contributed by atoms with Gasteiger partial charge in [0.05, 0.1) is 36.8 Å². The molecule has 3 N–H and O–H groups in total. The molecule has 0 saturated carbocycles. The zero-order chi connectivity index (χ0) is 40.3. The number of amides is 3. The predicted octanol–water partition coefficient (Wildman–Crippen LogP) is 6.66. The molecule has 4 aromatic rings. The molecule has 15 heteroatoms. The van der Waals surface area contributed by atoms with E-state index in [2.05, 4.69) is 40.0 Å². The van der Waals surface area contributed by atoms with Gasteiger partial charge in [-0.1, -0.05) is 61.5 Å². The summed E-state index contributed by atoms with van der Waals surface area (Å²) in [5.41, 5.74) is 4.89. The first-order chi connectivity index (χ1) is 27.6. The van der Waals surface area contributed by atoms with Crippen LogP contribution in [0.1, 0.15) is 123 Å². The van der Waals surface area contributed by atoms with Crippen LogP contribution in [-0.2, 0) is 25.8 Å². The fraction of sp³-hybridized carbons (Fsp3) is 0.452. The van der Waals surface area contributed by atoms with E-state index in [4.69, 9.17) is 26.4 Å². The summed E-state index contributed by atoms with van der Waals surface area (Å²) in [6.45, 7) is 7.93. The van der Waals surface area contributed by atoms with E-state index < -0.39 is 6.04 Å². The van der Waals surface area contributed by atoms with Gasteiger partial charge in [0.2, 0.25) is 11.8 Å². The predicted molar refractivity (Wildman–Crippen MR) is 220 cm³/mol. The maximum absolute atomic E-state index is 13.3. The Labute approximate surface area is 341 Å². The van der Waals surface area contributed by atoms with E-state index in [9.17, 15) is 19.2 Å². The van der Waals surface area contributed by atoms with Crippen molar-refractivity contribution < 1.29 is 29.0 Å². The number of fused-ring (bicyclic) bond motifs is 3. The van der Waals surface area contributed by atoms with E-state index in [1.165, 1.54) is 4.88 Å². The van der Waals surface area contributed by atoms with Crippen molar-refractivity contribution >= 4 is 52.7 Å². The van der Waals surface area contributed by atoms with E-state index in [-0.39, 0.29) is 54.3 Å². The van der Waals surface area contributed by atoms with E-state index in [0.29, 0.717) is 48.8 Å². The lowest BCUT2D eigenvalue weighted by Gasteiger charge is -2.16. The molecule has 302 valence electrons. The molecule has 0 bridgehead atoms. The lowest BCUT2D eigenvalue weighted by molar-refractivity contribution is -0.289. The Morgan fingerprint density at radius 3 is 2.39 bits per heavy atom. The number of aromatic nitrogens is 3. The summed E-state index contributed by atoms with van der Waals surface area (Å²) >= 11 is 7.91. The molecule has 2 atom stereocenters. The molecular weight excluding hydrogens is 766 g/mol. The van der Waals surface area contributed by atoms with Gasteiger partial charge in [-0.15, -0.1) is 21.5 Å². The van der Waals surface area contributed by atoms with Crippen LogP contribution in [-0.4, -0.2) is 76.8 Å². The van der Waals surface area contributed by atoms with Gasteiger partial charge in [-0.3, -0.25) is 28.7 Å². The Kier molecular flexibility index (Phi) is 14.8. The van der Waals surface area contributed by atoms with Crippen molar-refractivity contribution in [1.29, 1.82) is 0 Å². The van der Waals surface area contributed by atoms with Crippen molar-refractivity contribution in [3.05, 3.63) is 97.4 Å². The third-order valence-corrected chi connectivity index (χ3v) is 11.8. The molecule has 0 spiro atoms. The summed E-state index contributed by atoms with van der Waals surface area (Å²) in [6, 6.07) is 11.9. The fourth-order valence-electron chi connectivity index (χ4n) is 7.17. The minimum atomic E-state index is -0.511. The molecule has 1 unspecified atom stereocenters. The summed E-state index contributed by atoms with van der Waals surface area (Å²) in [7, 11) is 0. The van der Waals surface area contributed by atoms with Crippen molar-refractivity contribution in [3.8, 4) is 5.00 Å². The maximum Gasteiger partial charge on any atom is 0.252 e. The molecule has 0 radical (unpaired) electrons. The number of aryl methyl sites for hydroxylation is 2. The third kappa shape index (κ3) is 10.6. The Morgan fingerprint density at radius 2 is 1.65 bits per heavy atom. The maximum atomic E-state index is 13.3. The van der Waals surface area contributed by atoms with Crippen molar-refractivity contribution in [3.63, 3.8) is 0 Å². The molecule has 6 rings (SSSR count). The van der Waals surface area contributed by atoms with Gasteiger partial charge in [0, 0.05) is 39.7 Å². The van der Waals surface area contributed by atoms with Gasteiger partial charge in [-0.2, -0.15) is 0 Å². The molecule has 57 heavy (non-hydrogen) atoms. The van der Waals surface area contributed by atoms with E-state index in [1.807, 2.05) is 35.8 Å². The number of nitrogens with one attached hydrogen (secondary N) is 3. The molecular formula is C42H50ClN7O6S. The van der Waals surface area contributed by atoms with Gasteiger partial charge in [-0.25, -0.2) is 9.78 Å². The number of thiophene rings is 1. The quantitative estimate of drug-likeness (QED) is 0.0605. The summed E-state index contributed by atoms with van der Waals surface area (Å²) in [5.74, 6) is 0.740. The van der Waals surface area contributed by atoms with Crippen LogP contribution in [0.4, 0.5) is 0 Å². The van der Waals surface area contributed by atoms with Gasteiger partial charge >= 0.3 is 0 Å². The van der Waals surface area contributed by atoms with Crippen LogP contribution in [0.5, 0.6) is 0 Å². The molecule has 4 heterocycles. The highest BCUT2D eigenvalue weighted by Gasteiger charge is 2.32. The van der Waals surface area contributed by atoms with Crippen molar-refractivity contribution in [2.24, 2.45) is 4.99 Å². The van der Waals surface area contributed by atoms with Crippen LogP contribution in [0.25, 0.3) is 5.00 Å². The van der Waals surface area contributed by atoms with Gasteiger partial charge in [0.25, 0.3) is 5.91 Å². The second-order valence-electron chi connectivity index (χ2n) is 14.5. The van der Waals surface area contributed by atoms with E-state index in [0.717, 1.165) is 78.2 Å².